The SMILES string of the molecule is C[N+](C)(Cc1ccccc1)c1ccccc1Cc1ccccc1. The van der Waals surface area contributed by atoms with Crippen molar-refractivity contribution < 1.29 is 0 Å². The van der Waals surface area contributed by atoms with Gasteiger partial charge in [0.05, 0.1) is 14.1 Å². The molecule has 0 fully saturated rings. The van der Waals surface area contributed by atoms with Gasteiger partial charge in [-0.3, -0.25) is 4.48 Å². The Morgan fingerprint density at radius 3 is 1.78 bits per heavy atom. The minimum atomic E-state index is 0.854. The first-order chi connectivity index (χ1) is 11.1. The van der Waals surface area contributed by atoms with Crippen molar-refractivity contribution in [1.29, 1.82) is 0 Å². The number of para-hydroxylation sites is 1. The molecule has 0 atom stereocenters. The predicted octanol–water partition coefficient (Wildman–Crippen LogP) is 5.04. The second kappa shape index (κ2) is 6.80. The summed E-state index contributed by atoms with van der Waals surface area (Å²) in [7, 11) is 4.58. The van der Waals surface area contributed by atoms with Crippen LogP contribution in [-0.2, 0) is 13.0 Å². The Morgan fingerprint density at radius 2 is 1.13 bits per heavy atom. The topological polar surface area (TPSA) is 0 Å². The van der Waals surface area contributed by atoms with Gasteiger partial charge in [0.1, 0.15) is 12.2 Å². The third-order valence-electron chi connectivity index (χ3n) is 4.30. The lowest BCUT2D eigenvalue weighted by Crippen LogP contribution is -2.40. The van der Waals surface area contributed by atoms with Gasteiger partial charge in [-0.05, 0) is 11.6 Å². The molecule has 0 saturated heterocycles. The maximum atomic E-state index is 2.29. The quantitative estimate of drug-likeness (QED) is 0.579. The van der Waals surface area contributed by atoms with Crippen LogP contribution < -0.4 is 4.48 Å². The summed E-state index contributed by atoms with van der Waals surface area (Å²) in [5.74, 6) is 0. The van der Waals surface area contributed by atoms with Crippen molar-refractivity contribution in [3.63, 3.8) is 0 Å². The second-order valence-electron chi connectivity index (χ2n) is 6.62. The van der Waals surface area contributed by atoms with E-state index in [2.05, 4.69) is 99.0 Å². The third kappa shape index (κ3) is 3.88. The van der Waals surface area contributed by atoms with E-state index in [9.17, 15) is 0 Å². The molecule has 3 rings (SSSR count). The summed E-state index contributed by atoms with van der Waals surface area (Å²) in [6.45, 7) is 0.993. The zero-order valence-corrected chi connectivity index (χ0v) is 13.9. The van der Waals surface area contributed by atoms with Crippen molar-refractivity contribution in [2.45, 2.75) is 13.0 Å². The van der Waals surface area contributed by atoms with Crippen molar-refractivity contribution in [2.75, 3.05) is 14.1 Å². The van der Waals surface area contributed by atoms with Crippen molar-refractivity contribution in [2.24, 2.45) is 0 Å². The van der Waals surface area contributed by atoms with E-state index in [1.54, 1.807) is 0 Å². The average molecular weight is 302 g/mol. The molecule has 1 nitrogen and oxygen atoms in total. The molecule has 0 bridgehead atoms. The van der Waals surface area contributed by atoms with Crippen LogP contribution in [0, 0.1) is 0 Å². The van der Waals surface area contributed by atoms with E-state index in [4.69, 9.17) is 0 Å². The van der Waals surface area contributed by atoms with Crippen LogP contribution in [0.1, 0.15) is 16.7 Å². The Kier molecular flexibility index (Phi) is 4.59. The summed E-state index contributed by atoms with van der Waals surface area (Å²) in [4.78, 5) is 0. The Balaban J connectivity index is 1.89. The number of hydrogen-bond donors (Lipinski definition) is 0. The summed E-state index contributed by atoms with van der Waals surface area (Å²) < 4.78 is 0.854. The number of benzene rings is 3. The van der Waals surface area contributed by atoms with Crippen molar-refractivity contribution in [3.05, 3.63) is 102 Å². The number of quaternary nitrogens is 1. The van der Waals surface area contributed by atoms with Gasteiger partial charge in [0.2, 0.25) is 0 Å². The summed E-state index contributed by atoms with van der Waals surface area (Å²) in [6, 6.07) is 30.2. The molecule has 3 aromatic carbocycles. The van der Waals surface area contributed by atoms with E-state index in [0.717, 1.165) is 17.4 Å². The molecular weight excluding hydrogens is 278 g/mol. The highest BCUT2D eigenvalue weighted by Gasteiger charge is 2.22. The molecule has 0 radical (unpaired) electrons. The zero-order valence-electron chi connectivity index (χ0n) is 13.9. The summed E-state index contributed by atoms with van der Waals surface area (Å²) in [6.07, 6.45) is 0.980. The van der Waals surface area contributed by atoms with Crippen LogP contribution in [0.2, 0.25) is 0 Å². The molecular formula is C22H24N+. The summed E-state index contributed by atoms with van der Waals surface area (Å²) in [5.41, 5.74) is 5.52. The first-order valence-corrected chi connectivity index (χ1v) is 8.14. The molecule has 1 heteroatoms. The fraction of sp³-hybridized carbons (Fsp3) is 0.182. The van der Waals surface area contributed by atoms with E-state index < -0.39 is 0 Å². The number of rotatable bonds is 5. The van der Waals surface area contributed by atoms with E-state index in [1.807, 2.05) is 0 Å². The lowest BCUT2D eigenvalue weighted by Gasteiger charge is -2.31. The van der Waals surface area contributed by atoms with Crippen LogP contribution in [0.25, 0.3) is 0 Å². The van der Waals surface area contributed by atoms with Crippen LogP contribution in [-0.4, -0.2) is 14.1 Å². The molecule has 0 saturated carbocycles. The van der Waals surface area contributed by atoms with Gasteiger partial charge in [0.15, 0.2) is 0 Å². The zero-order chi connectivity index (χ0) is 16.1. The van der Waals surface area contributed by atoms with Crippen molar-refractivity contribution in [1.82, 2.24) is 4.48 Å². The predicted molar refractivity (Wildman–Crippen MR) is 99.5 cm³/mol. The molecule has 0 amide bonds. The van der Waals surface area contributed by atoms with E-state index in [1.165, 1.54) is 22.4 Å². The van der Waals surface area contributed by atoms with Gasteiger partial charge in [-0.15, -0.1) is 0 Å². The fourth-order valence-electron chi connectivity index (χ4n) is 3.19. The Hall–Kier alpha value is -2.38. The standard InChI is InChI=1S/C22H24N/c1-23(2,18-20-13-7-4-8-14-20)22-16-10-9-15-21(22)17-19-11-5-3-6-12-19/h3-16H,17-18H2,1-2H3/q+1. The van der Waals surface area contributed by atoms with Crippen LogP contribution in [0.4, 0.5) is 5.69 Å². The largest absolute Gasteiger partial charge is 0.292 e. The van der Waals surface area contributed by atoms with Crippen molar-refractivity contribution >= 4 is 5.69 Å². The molecule has 0 unspecified atom stereocenters. The van der Waals surface area contributed by atoms with Crippen LogP contribution >= 0.6 is 0 Å². The molecule has 0 heterocycles. The lowest BCUT2D eigenvalue weighted by atomic mass is 10.0. The van der Waals surface area contributed by atoms with Gasteiger partial charge in [-0.25, -0.2) is 0 Å². The molecule has 0 aliphatic carbocycles. The van der Waals surface area contributed by atoms with Gasteiger partial charge in [-0.2, -0.15) is 0 Å². The minimum Gasteiger partial charge on any atom is -0.292 e. The molecule has 0 aromatic heterocycles. The summed E-state index contributed by atoms with van der Waals surface area (Å²) >= 11 is 0. The molecule has 0 spiro atoms. The minimum absolute atomic E-state index is 0.854. The number of nitrogens with zero attached hydrogens (tertiary/aromatic N) is 1. The van der Waals surface area contributed by atoms with E-state index in [-0.39, 0.29) is 0 Å². The van der Waals surface area contributed by atoms with Crippen LogP contribution in [0.15, 0.2) is 84.9 Å². The van der Waals surface area contributed by atoms with Crippen LogP contribution in [0.3, 0.4) is 0 Å². The highest BCUT2D eigenvalue weighted by atomic mass is 15.3. The Bertz CT molecular complexity index is 745. The van der Waals surface area contributed by atoms with E-state index in [0.29, 0.717) is 0 Å². The highest BCUT2D eigenvalue weighted by Crippen LogP contribution is 2.28. The Labute approximate surface area is 139 Å². The Morgan fingerprint density at radius 1 is 0.609 bits per heavy atom. The normalized spacial score (nSPS) is 11.4. The highest BCUT2D eigenvalue weighted by molar-refractivity contribution is 5.52. The van der Waals surface area contributed by atoms with Gasteiger partial charge in [0, 0.05) is 17.5 Å². The third-order valence-corrected chi connectivity index (χ3v) is 4.30. The molecule has 0 aliphatic rings. The first kappa shape index (κ1) is 15.5. The maximum Gasteiger partial charge on any atom is 0.136 e. The molecule has 116 valence electrons. The van der Waals surface area contributed by atoms with Gasteiger partial charge in [0.25, 0.3) is 0 Å². The number of hydrogen-bond acceptors (Lipinski definition) is 0. The smallest absolute Gasteiger partial charge is 0.136 e. The molecule has 23 heavy (non-hydrogen) atoms. The monoisotopic (exact) mass is 302 g/mol. The fourth-order valence-corrected chi connectivity index (χ4v) is 3.19. The second-order valence-corrected chi connectivity index (χ2v) is 6.62. The van der Waals surface area contributed by atoms with Crippen molar-refractivity contribution in [3.8, 4) is 0 Å². The summed E-state index contributed by atoms with van der Waals surface area (Å²) in [5, 5.41) is 0. The molecule has 0 aliphatic heterocycles. The van der Waals surface area contributed by atoms with E-state index >= 15 is 0 Å². The average Bonchev–Trinajstić information content (AvgIpc) is 2.57. The van der Waals surface area contributed by atoms with Gasteiger partial charge >= 0.3 is 0 Å². The van der Waals surface area contributed by atoms with Gasteiger partial charge < -0.3 is 0 Å². The maximum absolute atomic E-state index is 2.29. The molecule has 0 N–H and O–H groups in total. The van der Waals surface area contributed by atoms with Gasteiger partial charge in [-0.1, -0.05) is 78.9 Å². The lowest BCUT2D eigenvalue weighted by molar-refractivity contribution is 0.389. The first-order valence-electron chi connectivity index (χ1n) is 8.14. The van der Waals surface area contributed by atoms with Crippen LogP contribution in [0.5, 0.6) is 0 Å². The molecule has 3 aromatic rings.